The van der Waals surface area contributed by atoms with Crippen molar-refractivity contribution in [3.63, 3.8) is 0 Å². The van der Waals surface area contributed by atoms with E-state index in [4.69, 9.17) is 0 Å². The van der Waals surface area contributed by atoms with E-state index in [-0.39, 0.29) is 5.56 Å². The second kappa shape index (κ2) is 4.90. The van der Waals surface area contributed by atoms with Gasteiger partial charge in [0, 0.05) is 18.0 Å². The predicted octanol–water partition coefficient (Wildman–Crippen LogP) is 2.90. The van der Waals surface area contributed by atoms with Gasteiger partial charge in [0.15, 0.2) is 0 Å². The number of rotatable bonds is 2. The normalized spacial score (nSPS) is 10.3. The molecular weight excluding hydrogens is 236 g/mol. The number of para-hydroxylation sites is 1. The van der Waals surface area contributed by atoms with Crippen LogP contribution in [0.3, 0.4) is 0 Å². The Kier molecular flexibility index (Phi) is 2.94. The zero-order valence-electron chi connectivity index (χ0n) is 10.2. The van der Waals surface area contributed by atoms with Crippen molar-refractivity contribution >= 4 is 0 Å². The number of nitrogens with zero attached hydrogens (tertiary/aromatic N) is 2. The van der Waals surface area contributed by atoms with Gasteiger partial charge in [0.2, 0.25) is 0 Å². The number of hydrogen-bond acceptors (Lipinski definition) is 2. The molecule has 1 heterocycles. The van der Waals surface area contributed by atoms with Gasteiger partial charge >= 0.3 is 0 Å². The summed E-state index contributed by atoms with van der Waals surface area (Å²) in [4.78, 5) is 15.7. The van der Waals surface area contributed by atoms with Crippen LogP contribution in [0.4, 0.5) is 0 Å². The molecule has 0 saturated heterocycles. The van der Waals surface area contributed by atoms with Crippen LogP contribution in [0.5, 0.6) is 0 Å². The molecule has 3 aromatic rings. The first-order chi connectivity index (χ1) is 9.36. The Bertz CT molecular complexity index is 748. The van der Waals surface area contributed by atoms with Crippen LogP contribution in [0.25, 0.3) is 16.8 Å². The van der Waals surface area contributed by atoms with E-state index in [9.17, 15) is 4.79 Å². The minimum Gasteiger partial charge on any atom is -0.281 e. The zero-order valence-corrected chi connectivity index (χ0v) is 10.2. The fraction of sp³-hybridized carbons (Fsp3) is 0. The van der Waals surface area contributed by atoms with Crippen LogP contribution in [0, 0.1) is 0 Å². The van der Waals surface area contributed by atoms with Crippen molar-refractivity contribution in [1.29, 1.82) is 0 Å². The molecule has 0 aliphatic heterocycles. The third-order valence-corrected chi connectivity index (χ3v) is 2.97. The molecular formula is C16H12N2O. The maximum atomic E-state index is 11.9. The van der Waals surface area contributed by atoms with Gasteiger partial charge in [0.1, 0.15) is 0 Å². The highest BCUT2D eigenvalue weighted by molar-refractivity contribution is 5.72. The monoisotopic (exact) mass is 248 g/mol. The van der Waals surface area contributed by atoms with Crippen molar-refractivity contribution in [3.05, 3.63) is 83.5 Å². The molecule has 19 heavy (non-hydrogen) atoms. The van der Waals surface area contributed by atoms with Crippen LogP contribution in [-0.2, 0) is 0 Å². The van der Waals surface area contributed by atoms with Crippen molar-refractivity contribution in [1.82, 2.24) is 9.55 Å². The minimum absolute atomic E-state index is 0.133. The molecule has 3 rings (SSSR count). The lowest BCUT2D eigenvalue weighted by atomic mass is 10.0. The summed E-state index contributed by atoms with van der Waals surface area (Å²) in [6.07, 6.45) is 4.62. The summed E-state index contributed by atoms with van der Waals surface area (Å²) in [5, 5.41) is 0. The van der Waals surface area contributed by atoms with Gasteiger partial charge in [-0.2, -0.15) is 0 Å². The predicted molar refractivity (Wildman–Crippen MR) is 75.3 cm³/mol. The lowest BCUT2D eigenvalue weighted by Gasteiger charge is -2.11. The van der Waals surface area contributed by atoms with E-state index in [1.165, 1.54) is 6.20 Å². The number of aromatic nitrogens is 2. The molecule has 0 bridgehead atoms. The number of benzene rings is 2. The fourth-order valence-electron chi connectivity index (χ4n) is 2.09. The van der Waals surface area contributed by atoms with E-state index < -0.39 is 0 Å². The van der Waals surface area contributed by atoms with Gasteiger partial charge in [-0.1, -0.05) is 48.5 Å². The van der Waals surface area contributed by atoms with Crippen molar-refractivity contribution in [2.45, 2.75) is 0 Å². The van der Waals surface area contributed by atoms with Gasteiger partial charge in [-0.3, -0.25) is 14.3 Å². The molecule has 0 unspecified atom stereocenters. The number of hydrogen-bond donors (Lipinski definition) is 0. The first kappa shape index (κ1) is 11.4. The van der Waals surface area contributed by atoms with E-state index in [0.717, 1.165) is 16.8 Å². The fourth-order valence-corrected chi connectivity index (χ4v) is 2.09. The van der Waals surface area contributed by atoms with E-state index in [1.807, 2.05) is 54.6 Å². The van der Waals surface area contributed by atoms with Crippen LogP contribution in [-0.4, -0.2) is 9.55 Å². The maximum absolute atomic E-state index is 11.9. The molecule has 0 radical (unpaired) electrons. The average Bonchev–Trinajstić information content (AvgIpc) is 2.49. The molecule has 1 aromatic heterocycles. The van der Waals surface area contributed by atoms with Crippen molar-refractivity contribution in [2.24, 2.45) is 0 Å². The molecule has 0 aliphatic carbocycles. The summed E-state index contributed by atoms with van der Waals surface area (Å²) >= 11 is 0. The molecule has 0 aliphatic rings. The van der Waals surface area contributed by atoms with Crippen LogP contribution in [0.1, 0.15) is 0 Å². The largest absolute Gasteiger partial charge is 0.281 e. The van der Waals surface area contributed by atoms with Crippen molar-refractivity contribution < 1.29 is 0 Å². The summed E-state index contributed by atoms with van der Waals surface area (Å²) in [6.45, 7) is 0. The molecule has 0 spiro atoms. The van der Waals surface area contributed by atoms with Crippen LogP contribution in [0.15, 0.2) is 78.0 Å². The Labute approximate surface area is 110 Å². The minimum atomic E-state index is -0.133. The second-order valence-electron chi connectivity index (χ2n) is 4.17. The van der Waals surface area contributed by atoms with Gasteiger partial charge in [-0.15, -0.1) is 0 Å². The van der Waals surface area contributed by atoms with E-state index in [2.05, 4.69) is 4.98 Å². The Balaban J connectivity index is 2.24. The second-order valence-corrected chi connectivity index (χ2v) is 4.17. The molecule has 3 nitrogen and oxygen atoms in total. The Hall–Kier alpha value is -2.68. The molecule has 0 amide bonds. The summed E-state index contributed by atoms with van der Waals surface area (Å²) < 4.78 is 1.61. The average molecular weight is 248 g/mol. The lowest BCUT2D eigenvalue weighted by molar-refractivity contribution is 0.958. The molecule has 3 heteroatoms. The Morgan fingerprint density at radius 1 is 0.895 bits per heavy atom. The van der Waals surface area contributed by atoms with Gasteiger partial charge in [-0.05, 0) is 11.6 Å². The van der Waals surface area contributed by atoms with Crippen LogP contribution < -0.4 is 5.56 Å². The molecule has 0 saturated carbocycles. The third-order valence-electron chi connectivity index (χ3n) is 2.97. The topological polar surface area (TPSA) is 34.9 Å². The van der Waals surface area contributed by atoms with Crippen molar-refractivity contribution in [3.8, 4) is 16.8 Å². The van der Waals surface area contributed by atoms with Crippen LogP contribution in [0.2, 0.25) is 0 Å². The SMILES string of the molecule is O=c1cnccn1-c1ccccc1-c1ccccc1. The Morgan fingerprint density at radius 3 is 2.42 bits per heavy atom. The molecule has 0 fully saturated rings. The highest BCUT2D eigenvalue weighted by atomic mass is 16.1. The quantitative estimate of drug-likeness (QED) is 0.699. The maximum Gasteiger partial charge on any atom is 0.273 e. The van der Waals surface area contributed by atoms with Gasteiger partial charge < -0.3 is 0 Å². The van der Waals surface area contributed by atoms with Gasteiger partial charge in [-0.25, -0.2) is 0 Å². The van der Waals surface area contributed by atoms with E-state index in [0.29, 0.717) is 0 Å². The third kappa shape index (κ3) is 2.18. The summed E-state index contributed by atoms with van der Waals surface area (Å²) in [5.41, 5.74) is 2.84. The highest BCUT2D eigenvalue weighted by Crippen LogP contribution is 2.25. The summed E-state index contributed by atoms with van der Waals surface area (Å²) in [6, 6.07) is 17.9. The molecule has 92 valence electrons. The lowest BCUT2D eigenvalue weighted by Crippen LogP contribution is -2.17. The molecule has 0 atom stereocenters. The molecule has 0 N–H and O–H groups in total. The first-order valence-electron chi connectivity index (χ1n) is 6.04. The van der Waals surface area contributed by atoms with E-state index >= 15 is 0 Å². The van der Waals surface area contributed by atoms with Gasteiger partial charge in [0.25, 0.3) is 5.56 Å². The molecule has 2 aromatic carbocycles. The Morgan fingerprint density at radius 2 is 1.63 bits per heavy atom. The standard InChI is InChI=1S/C16H12N2O/c19-16-12-17-10-11-18(16)15-9-5-4-8-14(15)13-6-2-1-3-7-13/h1-12H. The smallest absolute Gasteiger partial charge is 0.273 e. The van der Waals surface area contributed by atoms with Crippen LogP contribution >= 0.6 is 0 Å². The van der Waals surface area contributed by atoms with Crippen molar-refractivity contribution in [2.75, 3.05) is 0 Å². The highest BCUT2D eigenvalue weighted by Gasteiger charge is 2.06. The van der Waals surface area contributed by atoms with Gasteiger partial charge in [0.05, 0.1) is 11.9 Å². The first-order valence-corrected chi connectivity index (χ1v) is 6.04. The van der Waals surface area contributed by atoms with E-state index in [1.54, 1.807) is 17.0 Å². The zero-order chi connectivity index (χ0) is 13.1. The summed E-state index contributed by atoms with van der Waals surface area (Å²) in [5.74, 6) is 0. The summed E-state index contributed by atoms with van der Waals surface area (Å²) in [7, 11) is 0.